The van der Waals surface area contributed by atoms with Gasteiger partial charge in [-0.3, -0.25) is 81.5 Å². The number of ether oxygens (including phenoxy) is 20. The Morgan fingerprint density at radius 1 is 0.345 bits per heavy atom. The van der Waals surface area contributed by atoms with Gasteiger partial charge in [0, 0.05) is 191 Å². The molecular weight excluding hydrogens is 1900 g/mol. The van der Waals surface area contributed by atoms with Crippen LogP contribution in [0.25, 0.3) is 0 Å². The van der Waals surface area contributed by atoms with Crippen molar-refractivity contribution in [1.29, 1.82) is 5.26 Å². The van der Waals surface area contributed by atoms with E-state index in [9.17, 15) is 86.8 Å². The minimum Gasteiger partial charge on any atom is -0.463 e. The third kappa shape index (κ3) is 60.7. The topological polar surface area (TPSA) is 595 Å². The molecule has 8 amide bonds. The molecule has 3 saturated heterocycles. The van der Waals surface area contributed by atoms with Crippen LogP contribution >= 0.6 is 35.7 Å². The van der Waals surface area contributed by atoms with Crippen molar-refractivity contribution in [2.45, 2.75) is 302 Å². The second-order valence-corrected chi connectivity index (χ2v) is 36.8. The first-order valence-electron chi connectivity index (χ1n) is 46.9. The molecule has 3 heterocycles. The molecule has 0 aromatic heterocycles. The highest BCUT2D eigenvalue weighted by Gasteiger charge is 2.48. The fourth-order valence-corrected chi connectivity index (χ4v) is 16.9. The van der Waals surface area contributed by atoms with Crippen LogP contribution in [0, 0.1) is 11.3 Å². The molecule has 790 valence electrons. The summed E-state index contributed by atoms with van der Waals surface area (Å²) in [5, 5.41) is 32.2. The first-order chi connectivity index (χ1) is 66.3. The molecule has 139 heavy (non-hydrogen) atoms. The predicted octanol–water partition coefficient (Wildman–Crippen LogP) is 2.88. The van der Waals surface area contributed by atoms with Gasteiger partial charge in [-0.15, -0.1) is 11.8 Å². The summed E-state index contributed by atoms with van der Waals surface area (Å²) in [5.41, 5.74) is -1.42. The van der Waals surface area contributed by atoms with E-state index in [2.05, 4.69) is 48.6 Å². The van der Waals surface area contributed by atoms with Gasteiger partial charge in [-0.1, -0.05) is 30.9 Å². The SMILES string of the molecule is CCSC(=S)SC(C)(C#N)CCC(=O)NCCCOCCOCCC(=O)NC(CCC(=O)NCCOCC(=O)NCCCCCO[C@H]1C[C@@H](OC(C)=O)[C@@H](OC(C)=O)[C@@H](COC(C)=O)O1)(CCC(=O)NCCOCC(=O)NCCCCCO[C@H]1C[C@@H](OC(C)=O)[C@@H](OC(C)=O)[C@@H](COC(C)=O)O1)CCC(=O)NCCOCC(=O)NCCCCCO[C@H]1C[C@@H](OC(C)=O)[C@@H](OC(C)=O)[C@@H](COC(C)=O)O1. The van der Waals surface area contributed by atoms with Crippen molar-refractivity contribution in [3.8, 4) is 6.07 Å². The standard InChI is InChI=1S/C90H145N9O37S3/c1-12-138-88(137)139-89(11,58-91)28-23-74(109)92-35-22-39-117-47-48-118-43-27-78(113)99-90(29-24-75(110)96-36-44-119-55-79(114)93-32-16-13-19-40-122-82-49-68(128-62(5)103)85(131-65(8)106)71(134-82)52-125-59(2)100,30-25-76(111)97-37-45-120-56-80(115)94-33-17-14-20-41-123-83-50-69(129-63(6)104)86(132-66(9)107)72(135-83)53-126-60(3)101)31-26-77(112)98-38-46-121-57-81(116)95-34-18-15-21-42-124-84-51-70(130-64(7)105)87(133-67(10)108)73(136-84)54-127-61(4)102/h68-73,82-87H,12-57H2,1-11H3,(H,92,109)(H,93,114)(H,94,115)(H,95,116)(H,96,110)(H,97,111)(H,98,112)(H,99,113)/t68-,69-,70-,71-,72-,73-,82-,83-,84-,85-,86-,87-,89?/m1/s1. The average Bonchev–Trinajstić information content (AvgIpc) is 0.821. The van der Waals surface area contributed by atoms with Gasteiger partial charge in [-0.2, -0.15) is 5.26 Å². The van der Waals surface area contributed by atoms with E-state index in [4.69, 9.17) is 107 Å². The van der Waals surface area contributed by atoms with Crippen LogP contribution in [-0.4, -0.2) is 346 Å². The molecule has 13 atom stereocenters. The number of nitrogens with one attached hydrogen (secondary N) is 8. The Balaban J connectivity index is 1.66. The summed E-state index contributed by atoms with van der Waals surface area (Å²) in [5.74, 6) is -8.50. The number of amides is 8. The maximum atomic E-state index is 14.1. The number of thioether (sulfide) groups is 2. The molecular formula is C90H145N9O37S3. The number of nitriles is 1. The summed E-state index contributed by atoms with van der Waals surface area (Å²) in [4.78, 5) is 213. The maximum absolute atomic E-state index is 14.1. The van der Waals surface area contributed by atoms with Gasteiger partial charge >= 0.3 is 53.7 Å². The molecule has 0 bridgehead atoms. The molecule has 0 aromatic rings. The Kier molecular flexibility index (Phi) is 65.1. The van der Waals surface area contributed by atoms with E-state index in [1.54, 1.807) is 6.92 Å². The summed E-state index contributed by atoms with van der Waals surface area (Å²) in [6.45, 7) is 14.3. The minimum absolute atomic E-state index is 0.0327. The first-order valence-corrected chi connectivity index (χ1v) is 49.1. The lowest BCUT2D eigenvalue weighted by atomic mass is 9.83. The van der Waals surface area contributed by atoms with Crippen LogP contribution in [0.2, 0.25) is 0 Å². The number of esters is 9. The van der Waals surface area contributed by atoms with Crippen LogP contribution in [-0.2, 0) is 176 Å². The van der Waals surface area contributed by atoms with Crippen LogP contribution in [0.3, 0.4) is 0 Å². The number of carbonyl (C=O) groups is 17. The van der Waals surface area contributed by atoms with E-state index in [-0.39, 0.29) is 222 Å². The van der Waals surface area contributed by atoms with Gasteiger partial charge in [0.05, 0.1) is 45.7 Å². The zero-order valence-corrected chi connectivity index (χ0v) is 84.2. The van der Waals surface area contributed by atoms with Gasteiger partial charge in [0.2, 0.25) is 47.3 Å². The monoisotopic (exact) mass is 2040 g/mol. The molecule has 3 rings (SSSR count). The highest BCUT2D eigenvalue weighted by Crippen LogP contribution is 2.36. The van der Waals surface area contributed by atoms with Crippen LogP contribution in [0.1, 0.15) is 217 Å². The van der Waals surface area contributed by atoms with E-state index in [1.165, 1.54) is 85.8 Å². The van der Waals surface area contributed by atoms with Gasteiger partial charge in [-0.25, -0.2) is 0 Å². The fraction of sp³-hybridized carbons (Fsp3) is 0.789. The van der Waals surface area contributed by atoms with Crippen molar-refractivity contribution in [1.82, 2.24) is 42.5 Å². The number of rotatable bonds is 73. The molecule has 0 aliphatic carbocycles. The van der Waals surface area contributed by atoms with E-state index >= 15 is 0 Å². The molecule has 3 aliphatic rings. The van der Waals surface area contributed by atoms with Crippen LogP contribution in [0.4, 0.5) is 0 Å². The van der Waals surface area contributed by atoms with E-state index in [1.807, 2.05) is 6.92 Å². The van der Waals surface area contributed by atoms with Gasteiger partial charge in [0.25, 0.3) is 0 Å². The van der Waals surface area contributed by atoms with Gasteiger partial charge < -0.3 is 137 Å². The second kappa shape index (κ2) is 73.0. The smallest absolute Gasteiger partial charge is 0.303 e. The third-order valence-corrected chi connectivity index (χ3v) is 23.2. The normalized spacial score (nSPS) is 19.8. The van der Waals surface area contributed by atoms with E-state index in [0.717, 1.165) is 5.75 Å². The Hall–Kier alpha value is -9.17. The lowest BCUT2D eigenvalue weighted by molar-refractivity contribution is -0.266. The molecule has 0 saturated carbocycles. The molecule has 3 fully saturated rings. The number of hydrogen-bond acceptors (Lipinski definition) is 41. The average molecular weight is 2040 g/mol. The Bertz CT molecular complexity index is 3550. The highest BCUT2D eigenvalue weighted by molar-refractivity contribution is 8.47. The summed E-state index contributed by atoms with van der Waals surface area (Å²) in [6.07, 6.45) is -6.83. The van der Waals surface area contributed by atoms with Crippen LogP contribution < -0.4 is 42.5 Å². The van der Waals surface area contributed by atoms with E-state index < -0.39 is 179 Å². The summed E-state index contributed by atoms with van der Waals surface area (Å²) < 4.78 is 111. The molecule has 0 aromatic carbocycles. The summed E-state index contributed by atoms with van der Waals surface area (Å²) in [6, 6.07) is 2.26. The Labute approximate surface area is 825 Å². The molecule has 0 spiro atoms. The number of hydrogen-bond donors (Lipinski definition) is 8. The molecule has 8 N–H and O–H groups in total. The van der Waals surface area contributed by atoms with Crippen molar-refractivity contribution in [3.05, 3.63) is 0 Å². The molecule has 49 heteroatoms. The molecule has 0 radical (unpaired) electrons. The van der Waals surface area contributed by atoms with Gasteiger partial charge in [0.1, 0.15) is 84.5 Å². The maximum Gasteiger partial charge on any atom is 0.303 e. The fourth-order valence-electron chi connectivity index (χ4n) is 14.0. The molecule has 46 nitrogen and oxygen atoms in total. The Morgan fingerprint density at radius 3 is 0.971 bits per heavy atom. The lowest BCUT2D eigenvalue weighted by Gasteiger charge is -2.39. The van der Waals surface area contributed by atoms with E-state index in [0.29, 0.717) is 80.7 Å². The zero-order chi connectivity index (χ0) is 103. The molecule has 1 unspecified atom stereocenters. The van der Waals surface area contributed by atoms with Crippen LogP contribution in [0.15, 0.2) is 0 Å². The summed E-state index contributed by atoms with van der Waals surface area (Å²) >= 11 is 8.10. The highest BCUT2D eigenvalue weighted by atomic mass is 32.2. The third-order valence-electron chi connectivity index (χ3n) is 20.6. The van der Waals surface area contributed by atoms with Crippen molar-refractivity contribution < 1.29 is 176 Å². The Morgan fingerprint density at radius 2 is 0.655 bits per heavy atom. The quantitative estimate of drug-likeness (QED) is 0.0188. The number of carbonyl (C=O) groups excluding carboxylic acids is 17. The molecule has 3 aliphatic heterocycles. The largest absolute Gasteiger partial charge is 0.463 e. The van der Waals surface area contributed by atoms with Crippen molar-refractivity contribution in [2.75, 3.05) is 157 Å². The van der Waals surface area contributed by atoms with Gasteiger partial charge in [-0.05, 0) is 103 Å². The lowest BCUT2D eigenvalue weighted by Crippen LogP contribution is -2.54. The minimum atomic E-state index is -1.42. The van der Waals surface area contributed by atoms with Crippen molar-refractivity contribution in [2.24, 2.45) is 0 Å². The number of thiocarbonyl (C=S) groups is 1. The second-order valence-electron chi connectivity index (χ2n) is 32.8. The summed E-state index contributed by atoms with van der Waals surface area (Å²) in [7, 11) is 0. The number of nitrogens with zero attached hydrogens (tertiary/aromatic N) is 1. The van der Waals surface area contributed by atoms with Crippen LogP contribution in [0.5, 0.6) is 0 Å². The van der Waals surface area contributed by atoms with Gasteiger partial charge in [0.15, 0.2) is 37.2 Å². The van der Waals surface area contributed by atoms with Crippen molar-refractivity contribution in [3.63, 3.8) is 0 Å². The van der Waals surface area contributed by atoms with Crippen molar-refractivity contribution >= 4 is 140 Å². The zero-order valence-electron chi connectivity index (χ0n) is 81.7. The number of unbranched alkanes of at least 4 members (excludes halogenated alkanes) is 6. The first kappa shape index (κ1) is 124. The predicted molar refractivity (Wildman–Crippen MR) is 497 cm³/mol.